The average Bonchev–Trinajstić information content (AvgIpc) is 2.77. The third-order valence-corrected chi connectivity index (χ3v) is 6.08. The van der Waals surface area contributed by atoms with Crippen molar-refractivity contribution >= 4 is 22.8 Å². The van der Waals surface area contributed by atoms with Crippen LogP contribution < -0.4 is 5.73 Å². The number of rotatable bonds is 8. The average molecular weight is 467 g/mol. The first-order valence-electron chi connectivity index (χ1n) is 11.2. The van der Waals surface area contributed by atoms with Crippen molar-refractivity contribution in [3.63, 3.8) is 0 Å². The summed E-state index contributed by atoms with van der Waals surface area (Å²) in [5.74, 6) is -0.922. The summed E-state index contributed by atoms with van der Waals surface area (Å²) < 4.78 is 5.72. The van der Waals surface area contributed by atoms with Gasteiger partial charge in [-0.2, -0.15) is 0 Å². The Bertz CT molecular complexity index is 1090. The van der Waals surface area contributed by atoms with E-state index in [0.717, 1.165) is 34.4 Å². The van der Waals surface area contributed by atoms with Gasteiger partial charge in [-0.15, -0.1) is 0 Å². The van der Waals surface area contributed by atoms with Crippen molar-refractivity contribution in [2.24, 2.45) is 23.5 Å². The van der Waals surface area contributed by atoms with E-state index in [1.807, 2.05) is 50.3 Å². The molecule has 0 bridgehead atoms. The van der Waals surface area contributed by atoms with Crippen LogP contribution in [-0.2, 0) is 22.5 Å². The van der Waals surface area contributed by atoms with Gasteiger partial charge in [-0.05, 0) is 48.9 Å². The molecule has 1 aliphatic carbocycles. The highest BCUT2D eigenvalue weighted by Gasteiger charge is 2.28. The Hall–Kier alpha value is -2.76. The summed E-state index contributed by atoms with van der Waals surface area (Å²) in [5, 5.41) is -0.474. The van der Waals surface area contributed by atoms with Gasteiger partial charge in [0.25, 0.3) is 0 Å². The van der Waals surface area contributed by atoms with Crippen LogP contribution in [-0.4, -0.2) is 22.8 Å². The molecule has 33 heavy (non-hydrogen) atoms. The highest BCUT2D eigenvalue weighted by atomic mass is 35.5. The Labute approximate surface area is 200 Å². The zero-order valence-corrected chi connectivity index (χ0v) is 20.4. The van der Waals surface area contributed by atoms with E-state index in [1.54, 1.807) is 12.2 Å². The highest BCUT2D eigenvalue weighted by Crippen LogP contribution is 2.33. The maximum absolute atomic E-state index is 13.4. The van der Waals surface area contributed by atoms with Gasteiger partial charge in [0, 0.05) is 23.7 Å². The quantitative estimate of drug-likeness (QED) is 0.421. The van der Waals surface area contributed by atoms with E-state index in [1.165, 1.54) is 0 Å². The van der Waals surface area contributed by atoms with Crippen LogP contribution in [0.25, 0.3) is 11.1 Å². The molecule has 0 amide bonds. The second-order valence-electron chi connectivity index (χ2n) is 8.90. The molecule has 0 saturated heterocycles. The minimum Gasteiger partial charge on any atom is -0.461 e. The number of hydrogen-bond acceptors (Lipinski definition) is 5. The third kappa shape index (κ3) is 5.79. The molecular formula is C27H31ClN2O3. The standard InChI is InChI=1S/C27H31ClN2O3/c1-16(2)13-23-22(14-29)25(19-11-9-17(3)10-12-19)24(18(4)30-23)27(32)33-15-20-7-5-6-8-21(20)26(28)31/h5-12,16,20-21H,13-15,29H2,1-4H3. The molecule has 2 unspecified atom stereocenters. The van der Waals surface area contributed by atoms with E-state index in [4.69, 9.17) is 27.1 Å². The number of benzene rings is 1. The van der Waals surface area contributed by atoms with E-state index in [0.29, 0.717) is 17.2 Å². The van der Waals surface area contributed by atoms with E-state index in [9.17, 15) is 9.59 Å². The normalized spacial score (nSPS) is 17.4. The highest BCUT2D eigenvalue weighted by molar-refractivity contribution is 6.64. The Morgan fingerprint density at radius 1 is 1.12 bits per heavy atom. The van der Waals surface area contributed by atoms with Gasteiger partial charge in [-0.1, -0.05) is 68.0 Å². The lowest BCUT2D eigenvalue weighted by Gasteiger charge is -2.23. The van der Waals surface area contributed by atoms with Crippen LogP contribution >= 0.6 is 11.6 Å². The molecule has 6 heteroatoms. The molecule has 0 radical (unpaired) electrons. The molecule has 5 nitrogen and oxygen atoms in total. The Morgan fingerprint density at radius 2 is 1.79 bits per heavy atom. The number of allylic oxidation sites excluding steroid dienone is 3. The van der Waals surface area contributed by atoms with E-state index in [2.05, 4.69) is 13.8 Å². The largest absolute Gasteiger partial charge is 0.461 e. The van der Waals surface area contributed by atoms with Crippen molar-refractivity contribution < 1.29 is 14.3 Å². The van der Waals surface area contributed by atoms with Gasteiger partial charge in [0.15, 0.2) is 0 Å². The van der Waals surface area contributed by atoms with Crippen molar-refractivity contribution in [1.29, 1.82) is 0 Å². The first-order chi connectivity index (χ1) is 15.7. The summed E-state index contributed by atoms with van der Waals surface area (Å²) in [6, 6.07) is 8.02. The number of halogens is 1. The molecule has 174 valence electrons. The van der Waals surface area contributed by atoms with Crippen LogP contribution in [0.2, 0.25) is 0 Å². The third-order valence-electron chi connectivity index (χ3n) is 5.83. The summed E-state index contributed by atoms with van der Waals surface area (Å²) in [6.07, 6.45) is 7.92. The molecule has 2 atom stereocenters. The molecule has 2 N–H and O–H groups in total. The Kier molecular flexibility index (Phi) is 8.22. The van der Waals surface area contributed by atoms with Crippen LogP contribution in [0.3, 0.4) is 0 Å². The summed E-state index contributed by atoms with van der Waals surface area (Å²) >= 11 is 5.74. The van der Waals surface area contributed by atoms with E-state index >= 15 is 0 Å². The molecule has 0 fully saturated rings. The lowest BCUT2D eigenvalue weighted by atomic mass is 9.89. The van der Waals surface area contributed by atoms with Crippen LogP contribution in [0.4, 0.5) is 0 Å². The first kappa shape index (κ1) is 24.9. The molecule has 0 spiro atoms. The summed E-state index contributed by atoms with van der Waals surface area (Å²) in [4.78, 5) is 29.9. The van der Waals surface area contributed by atoms with Gasteiger partial charge < -0.3 is 10.5 Å². The number of nitrogens with two attached hydrogens (primary N) is 1. The second-order valence-corrected chi connectivity index (χ2v) is 9.28. The molecule has 0 aliphatic heterocycles. The monoisotopic (exact) mass is 466 g/mol. The zero-order valence-electron chi connectivity index (χ0n) is 19.6. The van der Waals surface area contributed by atoms with Gasteiger partial charge in [-0.25, -0.2) is 4.79 Å². The molecule has 1 aliphatic rings. The van der Waals surface area contributed by atoms with E-state index < -0.39 is 17.1 Å². The van der Waals surface area contributed by atoms with Crippen molar-refractivity contribution in [3.8, 4) is 11.1 Å². The molecular weight excluding hydrogens is 436 g/mol. The number of carbonyl (C=O) groups excluding carboxylic acids is 2. The summed E-state index contributed by atoms with van der Waals surface area (Å²) in [5.41, 5.74) is 11.8. The van der Waals surface area contributed by atoms with Gasteiger partial charge in [-0.3, -0.25) is 9.78 Å². The van der Waals surface area contributed by atoms with Gasteiger partial charge in [0.05, 0.1) is 23.8 Å². The van der Waals surface area contributed by atoms with E-state index in [-0.39, 0.29) is 19.1 Å². The minimum absolute atomic E-state index is 0.0429. The number of carbonyl (C=O) groups is 2. The maximum atomic E-state index is 13.4. The van der Waals surface area contributed by atoms with Crippen LogP contribution in [0.5, 0.6) is 0 Å². The second kappa shape index (κ2) is 10.9. The SMILES string of the molecule is Cc1ccc(-c2c(CN)c(CC(C)C)nc(C)c2C(=O)OCC2C=CC=CC2C(=O)Cl)cc1. The molecule has 0 saturated carbocycles. The smallest absolute Gasteiger partial charge is 0.340 e. The van der Waals surface area contributed by atoms with Crippen molar-refractivity contribution in [2.75, 3.05) is 6.61 Å². The Balaban J connectivity index is 2.03. The minimum atomic E-state index is -0.520. The van der Waals surface area contributed by atoms with Gasteiger partial charge in [0.1, 0.15) is 0 Å². The fraction of sp³-hybridized carbons (Fsp3) is 0.370. The van der Waals surface area contributed by atoms with Gasteiger partial charge in [0.2, 0.25) is 5.24 Å². The summed E-state index contributed by atoms with van der Waals surface area (Å²) in [7, 11) is 0. The molecule has 1 aromatic heterocycles. The topological polar surface area (TPSA) is 82.3 Å². The maximum Gasteiger partial charge on any atom is 0.340 e. The molecule has 2 aromatic rings. The number of aromatic nitrogens is 1. The lowest BCUT2D eigenvalue weighted by Crippen LogP contribution is -2.25. The predicted octanol–water partition coefficient (Wildman–Crippen LogP) is 5.30. The first-order valence-corrected chi connectivity index (χ1v) is 11.6. The number of pyridine rings is 1. The molecule has 1 heterocycles. The van der Waals surface area contributed by atoms with Crippen molar-refractivity contribution in [3.05, 3.63) is 76.6 Å². The zero-order chi connectivity index (χ0) is 24.1. The fourth-order valence-electron chi connectivity index (χ4n) is 4.17. The van der Waals surface area contributed by atoms with Gasteiger partial charge >= 0.3 is 5.97 Å². The fourth-order valence-corrected chi connectivity index (χ4v) is 4.40. The number of aryl methyl sites for hydroxylation is 2. The molecule has 1 aromatic carbocycles. The summed E-state index contributed by atoms with van der Waals surface area (Å²) in [6.45, 7) is 8.41. The predicted molar refractivity (Wildman–Crippen MR) is 132 cm³/mol. The Morgan fingerprint density at radius 3 is 2.39 bits per heavy atom. The number of ether oxygens (including phenoxy) is 1. The van der Waals surface area contributed by atoms with Crippen LogP contribution in [0.15, 0.2) is 48.6 Å². The number of esters is 1. The van der Waals surface area contributed by atoms with Crippen LogP contribution in [0.1, 0.15) is 46.7 Å². The molecule has 3 rings (SSSR count). The number of nitrogens with zero attached hydrogens (tertiary/aromatic N) is 1. The van der Waals surface area contributed by atoms with Crippen LogP contribution in [0, 0.1) is 31.6 Å². The lowest BCUT2D eigenvalue weighted by molar-refractivity contribution is -0.115. The number of hydrogen-bond donors (Lipinski definition) is 1. The van der Waals surface area contributed by atoms with Crippen molar-refractivity contribution in [2.45, 2.75) is 40.7 Å². The van der Waals surface area contributed by atoms with Crippen molar-refractivity contribution in [1.82, 2.24) is 4.98 Å².